The Balaban J connectivity index is 2.06. The van der Waals surface area contributed by atoms with Crippen LogP contribution in [0.25, 0.3) is 0 Å². The van der Waals surface area contributed by atoms with Gasteiger partial charge in [-0.2, -0.15) is 0 Å². The minimum atomic E-state index is -0.289. The second-order valence-corrected chi connectivity index (χ2v) is 7.27. The van der Waals surface area contributed by atoms with Gasteiger partial charge >= 0.3 is 6.03 Å². The van der Waals surface area contributed by atoms with Crippen LogP contribution in [0.1, 0.15) is 41.7 Å². The summed E-state index contributed by atoms with van der Waals surface area (Å²) in [4.78, 5) is 26.5. The lowest BCUT2D eigenvalue weighted by Gasteiger charge is -2.21. The number of rotatable bonds is 6. The normalized spacial score (nSPS) is 10.5. The van der Waals surface area contributed by atoms with Crippen molar-refractivity contribution in [1.82, 2.24) is 4.90 Å². The zero-order chi connectivity index (χ0) is 20.8. The van der Waals surface area contributed by atoms with Crippen molar-refractivity contribution in [2.75, 3.05) is 24.2 Å². The number of benzene rings is 2. The van der Waals surface area contributed by atoms with E-state index in [9.17, 15) is 9.59 Å². The highest BCUT2D eigenvalue weighted by molar-refractivity contribution is 5.98. The van der Waals surface area contributed by atoms with E-state index in [1.54, 1.807) is 7.05 Å². The van der Waals surface area contributed by atoms with Crippen molar-refractivity contribution >= 4 is 23.3 Å². The Bertz CT molecular complexity index is 829. The first-order valence-corrected chi connectivity index (χ1v) is 9.77. The number of urea groups is 1. The van der Waals surface area contributed by atoms with Crippen LogP contribution < -0.4 is 10.6 Å². The molecule has 2 rings (SSSR count). The van der Waals surface area contributed by atoms with Gasteiger partial charge in [-0.05, 0) is 55.9 Å². The molecule has 0 aliphatic rings. The molecule has 0 saturated heterocycles. The highest BCUT2D eigenvalue weighted by Gasteiger charge is 2.17. The number of carbonyl (C=O) groups excluding carboxylic acids is 2. The van der Waals surface area contributed by atoms with E-state index in [-0.39, 0.29) is 18.5 Å². The van der Waals surface area contributed by atoms with Crippen molar-refractivity contribution < 1.29 is 9.59 Å². The predicted molar refractivity (Wildman–Crippen MR) is 116 cm³/mol. The predicted octanol–water partition coefficient (Wildman–Crippen LogP) is 4.84. The molecule has 0 atom stereocenters. The third-order valence-corrected chi connectivity index (χ3v) is 4.90. The van der Waals surface area contributed by atoms with Crippen LogP contribution in [0.3, 0.4) is 0 Å². The van der Waals surface area contributed by atoms with Gasteiger partial charge in [0.05, 0.1) is 0 Å². The summed E-state index contributed by atoms with van der Waals surface area (Å²) in [5.41, 5.74) is 7.05. The maximum Gasteiger partial charge on any atom is 0.322 e. The monoisotopic (exact) mass is 381 g/mol. The number of hydrogen-bond donors (Lipinski definition) is 2. The van der Waals surface area contributed by atoms with Crippen LogP contribution in [0.5, 0.6) is 0 Å². The molecule has 0 unspecified atom stereocenters. The van der Waals surface area contributed by atoms with Gasteiger partial charge in [0.2, 0.25) is 5.91 Å². The van der Waals surface area contributed by atoms with Gasteiger partial charge in [-0.15, -0.1) is 0 Å². The van der Waals surface area contributed by atoms with E-state index < -0.39 is 0 Å². The molecule has 0 bridgehead atoms. The molecule has 0 saturated carbocycles. The van der Waals surface area contributed by atoms with E-state index in [0.29, 0.717) is 0 Å². The lowest BCUT2D eigenvalue weighted by Crippen LogP contribution is -2.38. The molecule has 0 radical (unpaired) electrons. The van der Waals surface area contributed by atoms with Crippen LogP contribution >= 0.6 is 0 Å². The molecule has 0 heterocycles. The smallest absolute Gasteiger partial charge is 0.322 e. The molecule has 5 heteroatoms. The van der Waals surface area contributed by atoms with Crippen LogP contribution in [0.15, 0.2) is 30.3 Å². The van der Waals surface area contributed by atoms with Gasteiger partial charge in [-0.3, -0.25) is 4.79 Å². The number of nitrogens with one attached hydrogen (secondary N) is 2. The Morgan fingerprint density at radius 2 is 1.43 bits per heavy atom. The Kier molecular flexibility index (Phi) is 7.21. The number of carbonyl (C=O) groups is 2. The maximum absolute atomic E-state index is 12.7. The van der Waals surface area contributed by atoms with Crippen molar-refractivity contribution in [3.05, 3.63) is 58.1 Å². The topological polar surface area (TPSA) is 61.4 Å². The Hall–Kier alpha value is -2.82. The lowest BCUT2D eigenvalue weighted by atomic mass is 10.0. The van der Waals surface area contributed by atoms with E-state index >= 15 is 0 Å². The fraction of sp³-hybridized carbons (Fsp3) is 0.391. The molecule has 0 fully saturated rings. The summed E-state index contributed by atoms with van der Waals surface area (Å²) >= 11 is 0. The molecule has 2 aromatic carbocycles. The van der Waals surface area contributed by atoms with Crippen LogP contribution in [0, 0.1) is 20.8 Å². The first kappa shape index (κ1) is 21.5. The van der Waals surface area contributed by atoms with E-state index in [1.807, 2.05) is 51.1 Å². The number of amides is 3. The van der Waals surface area contributed by atoms with Crippen LogP contribution in [0.4, 0.5) is 16.2 Å². The second kappa shape index (κ2) is 9.40. The van der Waals surface area contributed by atoms with Crippen LogP contribution in [0.2, 0.25) is 0 Å². The fourth-order valence-corrected chi connectivity index (χ4v) is 3.45. The molecule has 0 aliphatic heterocycles. The van der Waals surface area contributed by atoms with Gasteiger partial charge in [0.15, 0.2) is 0 Å². The second-order valence-electron chi connectivity index (χ2n) is 7.27. The van der Waals surface area contributed by atoms with E-state index in [1.165, 1.54) is 4.90 Å². The molecule has 2 aromatic rings. The highest BCUT2D eigenvalue weighted by Crippen LogP contribution is 2.23. The molecular weight excluding hydrogens is 350 g/mol. The Morgan fingerprint density at radius 1 is 0.893 bits per heavy atom. The SMILES string of the molecule is CCc1cccc(CC)c1NC(=O)N(C)CC(=O)Nc1c(C)cc(C)cc1C. The molecule has 150 valence electrons. The zero-order valence-corrected chi connectivity index (χ0v) is 17.8. The first-order valence-electron chi connectivity index (χ1n) is 9.77. The quantitative estimate of drug-likeness (QED) is 0.752. The number of likely N-dealkylation sites (N-methyl/N-ethyl adjacent to an activating group) is 1. The van der Waals surface area contributed by atoms with Crippen molar-refractivity contribution in [3.8, 4) is 0 Å². The molecule has 0 spiro atoms. The molecule has 28 heavy (non-hydrogen) atoms. The standard InChI is InChI=1S/C23H31N3O2/c1-7-18-10-9-11-19(8-2)22(18)25-23(28)26(6)14-20(27)24-21-16(4)12-15(3)13-17(21)5/h9-13H,7-8,14H2,1-6H3,(H,24,27)(H,25,28). The molecular formula is C23H31N3O2. The van der Waals surface area contributed by atoms with Crippen molar-refractivity contribution in [2.45, 2.75) is 47.5 Å². The molecule has 0 aromatic heterocycles. The summed E-state index contributed by atoms with van der Waals surface area (Å²) in [6, 6.07) is 9.83. The summed E-state index contributed by atoms with van der Waals surface area (Å²) < 4.78 is 0. The average molecular weight is 382 g/mol. The Labute approximate surface area is 168 Å². The summed E-state index contributed by atoms with van der Waals surface area (Å²) in [5.74, 6) is -0.216. The minimum absolute atomic E-state index is 0.0195. The number of anilines is 2. The average Bonchev–Trinajstić information content (AvgIpc) is 2.64. The number of para-hydroxylation sites is 1. The first-order chi connectivity index (χ1) is 13.3. The van der Waals surface area contributed by atoms with Crippen LogP contribution in [-0.2, 0) is 17.6 Å². The number of hydrogen-bond acceptors (Lipinski definition) is 2. The van der Waals surface area contributed by atoms with Gasteiger partial charge in [-0.1, -0.05) is 49.7 Å². The minimum Gasteiger partial charge on any atom is -0.324 e. The molecule has 5 nitrogen and oxygen atoms in total. The summed E-state index contributed by atoms with van der Waals surface area (Å²) in [7, 11) is 1.63. The van der Waals surface area contributed by atoms with Gasteiger partial charge in [0.1, 0.15) is 6.54 Å². The summed E-state index contributed by atoms with van der Waals surface area (Å²) in [5, 5.41) is 5.93. The third-order valence-electron chi connectivity index (χ3n) is 4.90. The number of aryl methyl sites for hydroxylation is 5. The molecule has 2 N–H and O–H groups in total. The van der Waals surface area contributed by atoms with E-state index in [4.69, 9.17) is 0 Å². The van der Waals surface area contributed by atoms with E-state index in [2.05, 4.69) is 24.5 Å². The van der Waals surface area contributed by atoms with E-state index in [0.717, 1.165) is 52.0 Å². The summed E-state index contributed by atoms with van der Waals surface area (Å²) in [6.07, 6.45) is 1.67. The highest BCUT2D eigenvalue weighted by atomic mass is 16.2. The van der Waals surface area contributed by atoms with Crippen molar-refractivity contribution in [2.24, 2.45) is 0 Å². The van der Waals surface area contributed by atoms with Gasteiger partial charge in [0, 0.05) is 18.4 Å². The Morgan fingerprint density at radius 3 is 1.93 bits per heavy atom. The maximum atomic E-state index is 12.7. The van der Waals surface area contributed by atoms with Crippen molar-refractivity contribution in [3.63, 3.8) is 0 Å². The van der Waals surface area contributed by atoms with Gasteiger partial charge in [0.25, 0.3) is 0 Å². The lowest BCUT2D eigenvalue weighted by molar-refractivity contribution is -0.116. The summed E-state index contributed by atoms with van der Waals surface area (Å²) in [6.45, 7) is 10.1. The largest absolute Gasteiger partial charge is 0.324 e. The van der Waals surface area contributed by atoms with Gasteiger partial charge < -0.3 is 15.5 Å². The molecule has 3 amide bonds. The number of nitrogens with zero attached hydrogens (tertiary/aromatic N) is 1. The van der Waals surface area contributed by atoms with Crippen LogP contribution in [-0.4, -0.2) is 30.4 Å². The third kappa shape index (κ3) is 5.12. The van der Waals surface area contributed by atoms with Crippen molar-refractivity contribution in [1.29, 1.82) is 0 Å². The zero-order valence-electron chi connectivity index (χ0n) is 17.8. The van der Waals surface area contributed by atoms with Gasteiger partial charge in [-0.25, -0.2) is 4.79 Å². The fourth-order valence-electron chi connectivity index (χ4n) is 3.45. The molecule has 0 aliphatic carbocycles.